The number of aryl methyl sites for hydroxylation is 2. The number of carbonyl (C=O) groups excluding carboxylic acids is 2. The molecule has 2 amide bonds. The number of methoxy groups -OCH3 is 1. The quantitative estimate of drug-likeness (QED) is 0.829. The van der Waals surface area contributed by atoms with E-state index in [9.17, 15) is 9.59 Å². The van der Waals surface area contributed by atoms with Gasteiger partial charge in [-0.15, -0.1) is 0 Å². The summed E-state index contributed by atoms with van der Waals surface area (Å²) in [6.07, 6.45) is 3.32. The van der Waals surface area contributed by atoms with Crippen LogP contribution in [0.4, 0.5) is 4.79 Å². The lowest BCUT2D eigenvalue weighted by Crippen LogP contribution is -2.47. The third kappa shape index (κ3) is 3.88. The normalized spacial score (nSPS) is 17.7. The van der Waals surface area contributed by atoms with Crippen LogP contribution in [0.25, 0.3) is 0 Å². The van der Waals surface area contributed by atoms with Crippen LogP contribution in [0.15, 0.2) is 0 Å². The van der Waals surface area contributed by atoms with E-state index < -0.39 is 0 Å². The van der Waals surface area contributed by atoms with Gasteiger partial charge in [0.2, 0.25) is 0 Å². The smallest absolute Gasteiger partial charge is 0.317 e. The second-order valence-electron chi connectivity index (χ2n) is 6.17. The van der Waals surface area contributed by atoms with E-state index in [0.717, 1.165) is 42.6 Å². The largest absolute Gasteiger partial charge is 0.469 e. The fourth-order valence-electron chi connectivity index (χ4n) is 3.39. The van der Waals surface area contributed by atoms with Gasteiger partial charge < -0.3 is 15.0 Å². The molecule has 2 rings (SSSR count). The molecule has 7 nitrogen and oxygen atoms in total. The van der Waals surface area contributed by atoms with Gasteiger partial charge in [-0.25, -0.2) is 4.79 Å². The molecular formula is C17H28N4O3. The maximum Gasteiger partial charge on any atom is 0.317 e. The molecule has 24 heavy (non-hydrogen) atoms. The van der Waals surface area contributed by atoms with Crippen molar-refractivity contribution < 1.29 is 14.3 Å². The zero-order valence-electron chi connectivity index (χ0n) is 15.1. The molecule has 0 radical (unpaired) electrons. The molecule has 134 valence electrons. The van der Waals surface area contributed by atoms with Gasteiger partial charge in [0.25, 0.3) is 0 Å². The monoisotopic (exact) mass is 336 g/mol. The summed E-state index contributed by atoms with van der Waals surface area (Å²) in [5.41, 5.74) is 3.29. The van der Waals surface area contributed by atoms with Crippen LogP contribution >= 0.6 is 0 Å². The van der Waals surface area contributed by atoms with E-state index in [1.54, 1.807) is 4.90 Å². The fraction of sp³-hybridized carbons (Fsp3) is 0.706. The first-order chi connectivity index (χ1) is 11.5. The molecule has 0 saturated carbocycles. The molecule has 1 aliphatic heterocycles. The van der Waals surface area contributed by atoms with Gasteiger partial charge in [0, 0.05) is 37.9 Å². The third-order valence-corrected chi connectivity index (χ3v) is 4.69. The van der Waals surface area contributed by atoms with Gasteiger partial charge in [0.05, 0.1) is 18.7 Å². The summed E-state index contributed by atoms with van der Waals surface area (Å²) < 4.78 is 6.70. The van der Waals surface area contributed by atoms with Crippen molar-refractivity contribution in [2.45, 2.75) is 46.1 Å². The maximum absolute atomic E-state index is 12.5. The van der Waals surface area contributed by atoms with Crippen molar-refractivity contribution in [3.8, 4) is 0 Å². The molecule has 2 heterocycles. The van der Waals surface area contributed by atoms with Gasteiger partial charge in [-0.05, 0) is 25.7 Å². The summed E-state index contributed by atoms with van der Waals surface area (Å²) in [7, 11) is 3.33. The van der Waals surface area contributed by atoms with Gasteiger partial charge in [-0.1, -0.05) is 13.8 Å². The van der Waals surface area contributed by atoms with Crippen LogP contribution in [0.3, 0.4) is 0 Å². The van der Waals surface area contributed by atoms with Gasteiger partial charge in [0.15, 0.2) is 0 Å². The first-order valence-electron chi connectivity index (χ1n) is 8.65. The Morgan fingerprint density at radius 1 is 1.33 bits per heavy atom. The number of nitrogens with zero attached hydrogens (tertiary/aromatic N) is 3. The molecule has 1 aromatic rings. The topological polar surface area (TPSA) is 76.5 Å². The van der Waals surface area contributed by atoms with Crippen LogP contribution in [0.1, 0.15) is 43.6 Å². The number of carbonyl (C=O) groups is 2. The SMILES string of the molecule is CCc1nn(C)c(CC)c1CNC(=O)N1CCCC(C(=O)OC)C1. The molecular weight excluding hydrogens is 308 g/mol. The van der Waals surface area contributed by atoms with E-state index in [0.29, 0.717) is 19.6 Å². The number of ether oxygens (including phenoxy) is 1. The number of esters is 1. The maximum atomic E-state index is 12.5. The Labute approximate surface area is 143 Å². The molecule has 1 saturated heterocycles. The molecule has 0 aromatic carbocycles. The molecule has 1 unspecified atom stereocenters. The van der Waals surface area contributed by atoms with Crippen LogP contribution in [0, 0.1) is 5.92 Å². The Bertz CT molecular complexity index is 597. The molecule has 1 N–H and O–H groups in total. The summed E-state index contributed by atoms with van der Waals surface area (Å²) in [4.78, 5) is 25.9. The average Bonchev–Trinajstić information content (AvgIpc) is 2.93. The van der Waals surface area contributed by atoms with Gasteiger partial charge in [-0.3, -0.25) is 9.48 Å². The van der Waals surface area contributed by atoms with Crippen LogP contribution < -0.4 is 5.32 Å². The third-order valence-electron chi connectivity index (χ3n) is 4.69. The standard InChI is InChI=1S/C17H28N4O3/c1-5-14-13(15(6-2)20(3)19-14)10-18-17(23)21-9-7-8-12(11-21)16(22)24-4/h12H,5-11H2,1-4H3,(H,18,23). The number of rotatable bonds is 5. The highest BCUT2D eigenvalue weighted by Crippen LogP contribution is 2.19. The van der Waals surface area contributed by atoms with Gasteiger partial charge >= 0.3 is 12.0 Å². The van der Waals surface area contributed by atoms with Crippen molar-refractivity contribution in [3.05, 3.63) is 17.0 Å². The molecule has 1 atom stereocenters. The lowest BCUT2D eigenvalue weighted by Gasteiger charge is -2.31. The summed E-state index contributed by atoms with van der Waals surface area (Å²) >= 11 is 0. The predicted octanol–water partition coefficient (Wildman–Crippen LogP) is 1.64. The first-order valence-corrected chi connectivity index (χ1v) is 8.65. The Kier molecular flexibility index (Phi) is 6.23. The van der Waals surface area contributed by atoms with Crippen molar-refractivity contribution in [3.63, 3.8) is 0 Å². The number of hydrogen-bond acceptors (Lipinski definition) is 4. The number of likely N-dealkylation sites (tertiary alicyclic amines) is 1. The number of amides is 2. The zero-order chi connectivity index (χ0) is 17.7. The van der Waals surface area contributed by atoms with E-state index in [4.69, 9.17) is 4.74 Å². The minimum Gasteiger partial charge on any atom is -0.469 e. The predicted molar refractivity (Wildman–Crippen MR) is 90.5 cm³/mol. The van der Waals surface area contributed by atoms with Crippen molar-refractivity contribution in [2.75, 3.05) is 20.2 Å². The number of piperidine rings is 1. The minimum absolute atomic E-state index is 0.128. The van der Waals surface area contributed by atoms with E-state index in [1.165, 1.54) is 7.11 Å². The van der Waals surface area contributed by atoms with E-state index in [2.05, 4.69) is 24.3 Å². The van der Waals surface area contributed by atoms with E-state index in [1.807, 2.05) is 11.7 Å². The Morgan fingerprint density at radius 3 is 2.71 bits per heavy atom. The lowest BCUT2D eigenvalue weighted by molar-refractivity contribution is -0.146. The highest BCUT2D eigenvalue weighted by atomic mass is 16.5. The van der Waals surface area contributed by atoms with E-state index in [-0.39, 0.29) is 17.9 Å². The summed E-state index contributed by atoms with van der Waals surface area (Å²) in [5, 5.41) is 7.52. The zero-order valence-corrected chi connectivity index (χ0v) is 15.1. The van der Waals surface area contributed by atoms with Crippen LogP contribution in [-0.4, -0.2) is 46.9 Å². The lowest BCUT2D eigenvalue weighted by atomic mass is 9.98. The number of urea groups is 1. The molecule has 0 spiro atoms. The van der Waals surface area contributed by atoms with Crippen molar-refractivity contribution in [1.29, 1.82) is 0 Å². The molecule has 0 bridgehead atoms. The molecule has 1 aromatic heterocycles. The fourth-order valence-corrected chi connectivity index (χ4v) is 3.39. The van der Waals surface area contributed by atoms with Crippen molar-refractivity contribution in [1.82, 2.24) is 20.0 Å². The number of aromatic nitrogens is 2. The van der Waals surface area contributed by atoms with Crippen LogP contribution in [0.2, 0.25) is 0 Å². The Balaban J connectivity index is 1.99. The molecule has 1 aliphatic rings. The Hall–Kier alpha value is -2.05. The molecule has 0 aliphatic carbocycles. The average molecular weight is 336 g/mol. The molecule has 7 heteroatoms. The second kappa shape index (κ2) is 8.17. The summed E-state index contributed by atoms with van der Waals surface area (Å²) in [6.45, 7) is 5.73. The number of nitrogens with one attached hydrogen (secondary N) is 1. The highest BCUT2D eigenvalue weighted by molar-refractivity contribution is 5.77. The first kappa shape index (κ1) is 18.3. The van der Waals surface area contributed by atoms with Crippen LogP contribution in [0.5, 0.6) is 0 Å². The van der Waals surface area contributed by atoms with Gasteiger partial charge in [0.1, 0.15) is 0 Å². The molecule has 1 fully saturated rings. The summed E-state index contributed by atoms with van der Waals surface area (Å²) in [6, 6.07) is -0.128. The van der Waals surface area contributed by atoms with Gasteiger partial charge in [-0.2, -0.15) is 5.10 Å². The van der Waals surface area contributed by atoms with Crippen molar-refractivity contribution in [2.24, 2.45) is 13.0 Å². The van der Waals surface area contributed by atoms with Crippen molar-refractivity contribution >= 4 is 12.0 Å². The minimum atomic E-state index is -0.235. The Morgan fingerprint density at radius 2 is 2.08 bits per heavy atom. The second-order valence-corrected chi connectivity index (χ2v) is 6.17. The summed E-state index contributed by atoms with van der Waals surface area (Å²) in [5.74, 6) is -0.452. The van der Waals surface area contributed by atoms with Crippen LogP contribution in [-0.2, 0) is 36.0 Å². The van der Waals surface area contributed by atoms with E-state index >= 15 is 0 Å². The highest BCUT2D eigenvalue weighted by Gasteiger charge is 2.29. The number of hydrogen-bond donors (Lipinski definition) is 1.